The van der Waals surface area contributed by atoms with Crippen LogP contribution in [0.15, 0.2) is 42.5 Å². The van der Waals surface area contributed by atoms with E-state index in [1.807, 2.05) is 12.1 Å². The zero-order valence-electron chi connectivity index (χ0n) is 15.5. The van der Waals surface area contributed by atoms with E-state index in [1.54, 1.807) is 6.07 Å². The molecule has 2 nitrogen and oxygen atoms in total. The summed E-state index contributed by atoms with van der Waals surface area (Å²) >= 11 is 0. The van der Waals surface area contributed by atoms with Crippen molar-refractivity contribution >= 4 is 11.4 Å². The third-order valence-electron chi connectivity index (χ3n) is 5.76. The summed E-state index contributed by atoms with van der Waals surface area (Å²) in [6, 6.07) is 14.8. The van der Waals surface area contributed by atoms with Crippen LogP contribution in [0.25, 0.3) is 11.1 Å². The third kappa shape index (κ3) is 4.78. The van der Waals surface area contributed by atoms with E-state index >= 15 is 0 Å². The predicted octanol–water partition coefficient (Wildman–Crippen LogP) is 6.37. The minimum Gasteiger partial charge on any atom is -0.399 e. The Morgan fingerprint density at radius 1 is 0.800 bits per heavy atom. The number of unbranched alkanes of at least 4 members (excludes halogenated alkanes) is 2. The fourth-order valence-corrected chi connectivity index (χ4v) is 4.26. The van der Waals surface area contributed by atoms with E-state index in [0.29, 0.717) is 0 Å². The second-order valence-electron chi connectivity index (χ2n) is 7.72. The van der Waals surface area contributed by atoms with Crippen molar-refractivity contribution in [1.82, 2.24) is 0 Å². The molecule has 0 radical (unpaired) electrons. The molecular weight excluding hydrogens is 304 g/mol. The molecule has 0 spiro atoms. The van der Waals surface area contributed by atoms with Crippen LogP contribution in [0.4, 0.5) is 11.4 Å². The Morgan fingerprint density at radius 2 is 1.44 bits per heavy atom. The van der Waals surface area contributed by atoms with Gasteiger partial charge in [0.15, 0.2) is 0 Å². The van der Waals surface area contributed by atoms with Gasteiger partial charge in [0.2, 0.25) is 0 Å². The summed E-state index contributed by atoms with van der Waals surface area (Å²) in [5, 5.41) is 0. The number of rotatable bonds is 6. The van der Waals surface area contributed by atoms with Crippen LogP contribution in [0.1, 0.15) is 69.8 Å². The van der Waals surface area contributed by atoms with Gasteiger partial charge in [-0.2, -0.15) is 0 Å². The number of benzene rings is 2. The molecule has 0 aliphatic heterocycles. The molecule has 2 heteroatoms. The summed E-state index contributed by atoms with van der Waals surface area (Å²) < 4.78 is 0. The molecule has 1 aliphatic carbocycles. The van der Waals surface area contributed by atoms with Crippen molar-refractivity contribution in [1.29, 1.82) is 0 Å². The van der Waals surface area contributed by atoms with E-state index in [0.717, 1.165) is 28.8 Å². The Kier molecular flexibility index (Phi) is 6.01. The molecule has 0 bridgehead atoms. The van der Waals surface area contributed by atoms with Crippen molar-refractivity contribution in [3.63, 3.8) is 0 Å². The molecule has 2 aromatic carbocycles. The molecule has 0 atom stereocenters. The van der Waals surface area contributed by atoms with E-state index in [4.69, 9.17) is 11.5 Å². The van der Waals surface area contributed by atoms with Gasteiger partial charge in [-0.1, -0.05) is 56.9 Å². The number of hydrogen-bond acceptors (Lipinski definition) is 2. The van der Waals surface area contributed by atoms with Crippen LogP contribution < -0.4 is 11.5 Å². The van der Waals surface area contributed by atoms with Crippen molar-refractivity contribution in [3.05, 3.63) is 48.0 Å². The van der Waals surface area contributed by atoms with Crippen molar-refractivity contribution < 1.29 is 0 Å². The highest BCUT2D eigenvalue weighted by Gasteiger charge is 2.22. The van der Waals surface area contributed by atoms with Crippen LogP contribution in [0.3, 0.4) is 0 Å². The van der Waals surface area contributed by atoms with Gasteiger partial charge in [0, 0.05) is 11.4 Å². The van der Waals surface area contributed by atoms with Gasteiger partial charge in [0.1, 0.15) is 0 Å². The summed E-state index contributed by atoms with van der Waals surface area (Å²) in [5.74, 6) is 1.71. The Labute approximate surface area is 152 Å². The maximum atomic E-state index is 5.92. The predicted molar refractivity (Wildman–Crippen MR) is 110 cm³/mol. The Bertz CT molecular complexity index is 647. The van der Waals surface area contributed by atoms with Gasteiger partial charge < -0.3 is 11.5 Å². The number of anilines is 2. The van der Waals surface area contributed by atoms with E-state index < -0.39 is 0 Å². The normalized spacial score (nSPS) is 20.5. The summed E-state index contributed by atoms with van der Waals surface area (Å²) in [6.07, 6.45) is 11.1. The monoisotopic (exact) mass is 336 g/mol. The Hall–Kier alpha value is -1.96. The van der Waals surface area contributed by atoms with Crippen molar-refractivity contribution in [2.75, 3.05) is 11.5 Å². The molecule has 0 unspecified atom stereocenters. The van der Waals surface area contributed by atoms with Gasteiger partial charge in [-0.3, -0.25) is 0 Å². The first-order valence-corrected chi connectivity index (χ1v) is 9.92. The zero-order chi connectivity index (χ0) is 17.6. The van der Waals surface area contributed by atoms with Crippen molar-refractivity contribution in [3.8, 4) is 11.1 Å². The minimum atomic E-state index is 0.723. The van der Waals surface area contributed by atoms with Gasteiger partial charge in [0.25, 0.3) is 0 Å². The standard InChI is InChI=1S/C23H32N2/c1-2-3-4-5-17-6-8-18(9-7-17)19-10-12-20(13-11-19)21-14-22(24)16-23(25)15-21/h10-18H,2-9,24-25H2,1H3. The van der Waals surface area contributed by atoms with Crippen LogP contribution in [0, 0.1) is 5.92 Å². The lowest BCUT2D eigenvalue weighted by molar-refractivity contribution is 0.303. The van der Waals surface area contributed by atoms with Crippen LogP contribution in [-0.4, -0.2) is 0 Å². The summed E-state index contributed by atoms with van der Waals surface area (Å²) in [7, 11) is 0. The molecule has 0 heterocycles. The third-order valence-corrected chi connectivity index (χ3v) is 5.76. The van der Waals surface area contributed by atoms with Gasteiger partial charge >= 0.3 is 0 Å². The lowest BCUT2D eigenvalue weighted by atomic mass is 9.77. The molecular formula is C23H32N2. The quantitative estimate of drug-likeness (QED) is 0.475. The van der Waals surface area contributed by atoms with E-state index in [9.17, 15) is 0 Å². The first kappa shape index (κ1) is 17.8. The summed E-state index contributed by atoms with van der Waals surface area (Å²) in [4.78, 5) is 0. The molecule has 25 heavy (non-hydrogen) atoms. The van der Waals surface area contributed by atoms with Crippen molar-refractivity contribution in [2.45, 2.75) is 64.2 Å². The van der Waals surface area contributed by atoms with Crippen molar-refractivity contribution in [2.24, 2.45) is 5.92 Å². The molecule has 0 amide bonds. The maximum Gasteiger partial charge on any atom is 0.0340 e. The summed E-state index contributed by atoms with van der Waals surface area (Å²) in [5.41, 5.74) is 17.1. The molecule has 1 aliphatic rings. The molecule has 1 fully saturated rings. The van der Waals surface area contributed by atoms with Gasteiger partial charge in [-0.25, -0.2) is 0 Å². The number of hydrogen-bond donors (Lipinski definition) is 2. The second-order valence-corrected chi connectivity index (χ2v) is 7.72. The average molecular weight is 337 g/mol. The molecule has 0 aromatic heterocycles. The molecule has 4 N–H and O–H groups in total. The highest BCUT2D eigenvalue weighted by atomic mass is 14.6. The van der Waals surface area contributed by atoms with Gasteiger partial charge in [-0.15, -0.1) is 0 Å². The Balaban J connectivity index is 1.60. The topological polar surface area (TPSA) is 52.0 Å². The van der Waals surface area contributed by atoms with Crippen LogP contribution in [0.2, 0.25) is 0 Å². The van der Waals surface area contributed by atoms with Crippen LogP contribution in [0.5, 0.6) is 0 Å². The lowest BCUT2D eigenvalue weighted by Crippen LogP contribution is -2.13. The second kappa shape index (κ2) is 8.42. The maximum absolute atomic E-state index is 5.92. The van der Waals surface area contributed by atoms with E-state index in [-0.39, 0.29) is 0 Å². The molecule has 2 aromatic rings. The highest BCUT2D eigenvalue weighted by Crippen LogP contribution is 2.38. The number of nitrogens with two attached hydrogens (primary N) is 2. The van der Waals surface area contributed by atoms with Gasteiger partial charge in [-0.05, 0) is 72.4 Å². The lowest BCUT2D eigenvalue weighted by Gasteiger charge is -2.29. The fraction of sp³-hybridized carbons (Fsp3) is 0.478. The smallest absolute Gasteiger partial charge is 0.0340 e. The molecule has 0 saturated heterocycles. The largest absolute Gasteiger partial charge is 0.399 e. The molecule has 3 rings (SSSR count). The first-order valence-electron chi connectivity index (χ1n) is 9.92. The number of nitrogen functional groups attached to an aromatic ring is 2. The van der Waals surface area contributed by atoms with Crippen LogP contribution >= 0.6 is 0 Å². The average Bonchev–Trinajstić information content (AvgIpc) is 2.62. The fourth-order valence-electron chi connectivity index (χ4n) is 4.26. The highest BCUT2D eigenvalue weighted by molar-refractivity contribution is 5.72. The molecule has 1 saturated carbocycles. The Morgan fingerprint density at radius 3 is 2.04 bits per heavy atom. The first-order chi connectivity index (χ1) is 12.2. The minimum absolute atomic E-state index is 0.723. The van der Waals surface area contributed by atoms with Crippen LogP contribution in [-0.2, 0) is 0 Å². The van der Waals surface area contributed by atoms with E-state index in [1.165, 1.54) is 62.5 Å². The SMILES string of the molecule is CCCCCC1CCC(c2ccc(-c3cc(N)cc(N)c3)cc2)CC1. The molecule has 134 valence electrons. The van der Waals surface area contributed by atoms with E-state index in [2.05, 4.69) is 31.2 Å². The zero-order valence-corrected chi connectivity index (χ0v) is 15.5. The summed E-state index contributed by atoms with van der Waals surface area (Å²) in [6.45, 7) is 2.29. The van der Waals surface area contributed by atoms with Gasteiger partial charge in [0.05, 0.1) is 0 Å².